The van der Waals surface area contributed by atoms with E-state index in [1.165, 1.54) is 5.57 Å². The molecule has 0 saturated carbocycles. The molecule has 0 atom stereocenters. The molecule has 1 aliphatic rings. The van der Waals surface area contributed by atoms with Gasteiger partial charge in [0.05, 0.1) is 6.61 Å². The lowest BCUT2D eigenvalue weighted by atomic mass is 10.1. The van der Waals surface area contributed by atoms with E-state index in [4.69, 9.17) is 4.74 Å². The molecule has 1 rings (SSSR count). The molecular formula is C10H12O. The zero-order chi connectivity index (χ0) is 8.10. The standard InChI is InChI=1S/C10H12O/c1-3-5-9-7-8-11-10(9)6-4-2/h3-6H,1-2,7-8H2/b9-5-,10-6+. The summed E-state index contributed by atoms with van der Waals surface area (Å²) in [7, 11) is 0. The molecule has 0 radical (unpaired) electrons. The van der Waals surface area contributed by atoms with Gasteiger partial charge >= 0.3 is 0 Å². The molecule has 1 nitrogen and oxygen atoms in total. The Bertz CT molecular complexity index is 197. The van der Waals surface area contributed by atoms with E-state index in [9.17, 15) is 0 Å². The van der Waals surface area contributed by atoms with Crippen molar-refractivity contribution in [3.63, 3.8) is 0 Å². The summed E-state index contributed by atoms with van der Waals surface area (Å²) in [6.45, 7) is 8.02. The quantitative estimate of drug-likeness (QED) is 0.584. The maximum atomic E-state index is 5.33. The van der Waals surface area contributed by atoms with Gasteiger partial charge in [-0.25, -0.2) is 0 Å². The van der Waals surface area contributed by atoms with Crippen LogP contribution in [0.4, 0.5) is 0 Å². The molecule has 58 valence electrons. The van der Waals surface area contributed by atoms with E-state index in [1.54, 1.807) is 12.2 Å². The molecule has 1 heteroatoms. The molecule has 1 fully saturated rings. The summed E-state index contributed by atoms with van der Waals surface area (Å²) in [5.74, 6) is 0.930. The Hall–Kier alpha value is -1.24. The van der Waals surface area contributed by atoms with Crippen molar-refractivity contribution in [2.45, 2.75) is 6.42 Å². The van der Waals surface area contributed by atoms with E-state index in [-0.39, 0.29) is 0 Å². The van der Waals surface area contributed by atoms with Crippen molar-refractivity contribution < 1.29 is 4.74 Å². The van der Waals surface area contributed by atoms with Gasteiger partial charge < -0.3 is 4.74 Å². The maximum Gasteiger partial charge on any atom is 0.122 e. The van der Waals surface area contributed by atoms with Crippen LogP contribution in [0.15, 0.2) is 48.8 Å². The Morgan fingerprint density at radius 3 is 2.55 bits per heavy atom. The van der Waals surface area contributed by atoms with Crippen LogP contribution in [0.2, 0.25) is 0 Å². The first-order chi connectivity index (χ1) is 5.38. The molecule has 11 heavy (non-hydrogen) atoms. The van der Waals surface area contributed by atoms with Gasteiger partial charge in [-0.05, 0) is 11.6 Å². The highest BCUT2D eigenvalue weighted by molar-refractivity contribution is 5.33. The Balaban J connectivity index is 2.80. The van der Waals surface area contributed by atoms with Crippen LogP contribution in [-0.2, 0) is 4.74 Å². The van der Waals surface area contributed by atoms with E-state index in [0.717, 1.165) is 18.8 Å². The van der Waals surface area contributed by atoms with Crippen molar-refractivity contribution in [2.24, 2.45) is 0 Å². The fourth-order valence-corrected chi connectivity index (χ4v) is 1.06. The van der Waals surface area contributed by atoms with Crippen LogP contribution in [0.3, 0.4) is 0 Å². The normalized spacial score (nSPS) is 23.6. The first-order valence-electron chi connectivity index (χ1n) is 3.66. The number of hydrogen-bond acceptors (Lipinski definition) is 1. The summed E-state index contributed by atoms with van der Waals surface area (Å²) >= 11 is 0. The molecule has 0 unspecified atom stereocenters. The highest BCUT2D eigenvalue weighted by Gasteiger charge is 2.12. The summed E-state index contributed by atoms with van der Waals surface area (Å²) in [6, 6.07) is 0. The molecule has 1 aliphatic heterocycles. The van der Waals surface area contributed by atoms with Crippen LogP contribution < -0.4 is 0 Å². The monoisotopic (exact) mass is 148 g/mol. The second-order valence-electron chi connectivity index (χ2n) is 2.29. The smallest absolute Gasteiger partial charge is 0.122 e. The zero-order valence-corrected chi connectivity index (χ0v) is 6.55. The predicted octanol–water partition coefficient (Wildman–Crippen LogP) is 2.59. The first-order valence-corrected chi connectivity index (χ1v) is 3.66. The maximum absolute atomic E-state index is 5.33. The number of hydrogen-bond donors (Lipinski definition) is 0. The fourth-order valence-electron chi connectivity index (χ4n) is 1.06. The Morgan fingerprint density at radius 1 is 1.18 bits per heavy atom. The van der Waals surface area contributed by atoms with Crippen LogP contribution in [0, 0.1) is 0 Å². The molecule has 1 saturated heterocycles. The molecule has 0 aromatic heterocycles. The van der Waals surface area contributed by atoms with Crippen LogP contribution in [-0.4, -0.2) is 6.61 Å². The van der Waals surface area contributed by atoms with E-state index in [2.05, 4.69) is 13.2 Å². The Labute approximate surface area is 67.4 Å². The van der Waals surface area contributed by atoms with Gasteiger partial charge in [-0.2, -0.15) is 0 Å². The minimum absolute atomic E-state index is 0.777. The van der Waals surface area contributed by atoms with Crippen molar-refractivity contribution in [3.05, 3.63) is 48.8 Å². The summed E-state index contributed by atoms with van der Waals surface area (Å²) in [4.78, 5) is 0. The second-order valence-corrected chi connectivity index (χ2v) is 2.29. The minimum Gasteiger partial charge on any atom is -0.493 e. The Morgan fingerprint density at radius 2 is 1.91 bits per heavy atom. The first kappa shape index (κ1) is 7.86. The van der Waals surface area contributed by atoms with Crippen molar-refractivity contribution in [1.29, 1.82) is 0 Å². The largest absolute Gasteiger partial charge is 0.493 e. The number of rotatable bonds is 2. The lowest BCUT2D eigenvalue weighted by molar-refractivity contribution is 0.266. The van der Waals surface area contributed by atoms with E-state index < -0.39 is 0 Å². The third kappa shape index (κ3) is 1.84. The number of allylic oxidation sites excluding steroid dienone is 5. The van der Waals surface area contributed by atoms with Crippen LogP contribution in [0.25, 0.3) is 0 Å². The highest BCUT2D eigenvalue weighted by Crippen LogP contribution is 2.23. The van der Waals surface area contributed by atoms with Gasteiger partial charge in [0.25, 0.3) is 0 Å². The summed E-state index contributed by atoms with van der Waals surface area (Å²) in [5, 5.41) is 0. The third-order valence-corrected chi connectivity index (χ3v) is 1.53. The molecule has 0 aliphatic carbocycles. The van der Waals surface area contributed by atoms with Gasteiger partial charge in [0.1, 0.15) is 5.76 Å². The second kappa shape index (κ2) is 3.81. The third-order valence-electron chi connectivity index (χ3n) is 1.53. The van der Waals surface area contributed by atoms with Crippen LogP contribution in [0.5, 0.6) is 0 Å². The highest BCUT2D eigenvalue weighted by atomic mass is 16.5. The van der Waals surface area contributed by atoms with Crippen molar-refractivity contribution >= 4 is 0 Å². The van der Waals surface area contributed by atoms with Gasteiger partial charge in [0, 0.05) is 6.42 Å². The molecule has 0 spiro atoms. The molecule has 0 amide bonds. The van der Waals surface area contributed by atoms with E-state index in [1.807, 2.05) is 12.2 Å². The minimum atomic E-state index is 0.777. The number of ether oxygens (including phenoxy) is 1. The predicted molar refractivity (Wildman–Crippen MR) is 47.1 cm³/mol. The summed E-state index contributed by atoms with van der Waals surface area (Å²) < 4.78 is 5.33. The van der Waals surface area contributed by atoms with Gasteiger partial charge in [-0.15, -0.1) is 0 Å². The van der Waals surface area contributed by atoms with Gasteiger partial charge in [0.2, 0.25) is 0 Å². The van der Waals surface area contributed by atoms with Crippen molar-refractivity contribution in [2.75, 3.05) is 6.61 Å². The van der Waals surface area contributed by atoms with Crippen molar-refractivity contribution in [3.8, 4) is 0 Å². The molecule has 1 heterocycles. The molecule has 0 aromatic carbocycles. The molecule has 0 N–H and O–H groups in total. The summed E-state index contributed by atoms with van der Waals surface area (Å²) in [6.07, 6.45) is 8.34. The Kier molecular flexibility index (Phi) is 2.73. The van der Waals surface area contributed by atoms with Gasteiger partial charge in [0.15, 0.2) is 0 Å². The molecule has 0 bridgehead atoms. The fraction of sp³-hybridized carbons (Fsp3) is 0.200. The van der Waals surface area contributed by atoms with E-state index >= 15 is 0 Å². The molecule has 0 aromatic rings. The van der Waals surface area contributed by atoms with Gasteiger partial charge in [-0.1, -0.05) is 31.4 Å². The SMILES string of the molecule is C=C/C=C1/CCO/C1=C/C=C. The van der Waals surface area contributed by atoms with Crippen LogP contribution in [0.1, 0.15) is 6.42 Å². The average Bonchev–Trinajstić information content (AvgIpc) is 2.39. The topological polar surface area (TPSA) is 9.23 Å². The average molecular weight is 148 g/mol. The molecular weight excluding hydrogens is 136 g/mol. The van der Waals surface area contributed by atoms with E-state index in [0.29, 0.717) is 0 Å². The summed E-state index contributed by atoms with van der Waals surface area (Å²) in [5.41, 5.74) is 1.21. The van der Waals surface area contributed by atoms with Crippen LogP contribution >= 0.6 is 0 Å². The van der Waals surface area contributed by atoms with Gasteiger partial charge in [-0.3, -0.25) is 0 Å². The lowest BCUT2D eigenvalue weighted by Gasteiger charge is -1.95. The zero-order valence-electron chi connectivity index (χ0n) is 6.55. The lowest BCUT2D eigenvalue weighted by Crippen LogP contribution is -1.78. The van der Waals surface area contributed by atoms with Crippen molar-refractivity contribution in [1.82, 2.24) is 0 Å².